The third kappa shape index (κ3) is 5.46. The average Bonchev–Trinajstić information content (AvgIpc) is 3.18. The highest BCUT2D eigenvalue weighted by molar-refractivity contribution is 7.91. The first-order valence-corrected chi connectivity index (χ1v) is 12.0. The molecular weight excluding hydrogens is 418 g/mol. The predicted molar refractivity (Wildman–Crippen MR) is 114 cm³/mol. The summed E-state index contributed by atoms with van der Waals surface area (Å²) in [7, 11) is -3.67. The summed E-state index contributed by atoms with van der Waals surface area (Å²) in [5.41, 5.74) is 0.764. The van der Waals surface area contributed by atoms with E-state index < -0.39 is 33.4 Å². The molecule has 1 aromatic heterocycles. The number of carbonyl (C=O) groups excluding carboxylic acids is 3. The molecule has 0 radical (unpaired) electrons. The fourth-order valence-corrected chi connectivity index (χ4v) is 5.61. The van der Waals surface area contributed by atoms with E-state index in [1.54, 1.807) is 49.0 Å². The molecule has 31 heavy (non-hydrogen) atoms. The summed E-state index contributed by atoms with van der Waals surface area (Å²) < 4.78 is 27.4. The SMILES string of the molecule is CC(C)C(CS(=O)(=O)c1ccccc1)C(=O)CC1Cc2ccnn2CCNC(=O)C1=O. The molecule has 0 fully saturated rings. The number of carbonyl (C=O) groups is 3. The second-order valence-corrected chi connectivity index (χ2v) is 10.2. The number of hydrogen-bond acceptors (Lipinski definition) is 6. The van der Waals surface area contributed by atoms with Crippen molar-refractivity contribution in [3.63, 3.8) is 0 Å². The summed E-state index contributed by atoms with van der Waals surface area (Å²) in [6.45, 7) is 4.28. The Morgan fingerprint density at radius 2 is 1.90 bits per heavy atom. The number of aromatic nitrogens is 2. The first-order valence-electron chi connectivity index (χ1n) is 10.3. The highest BCUT2D eigenvalue weighted by Gasteiger charge is 2.35. The fraction of sp³-hybridized carbons (Fsp3) is 0.455. The molecule has 1 amide bonds. The van der Waals surface area contributed by atoms with Crippen LogP contribution in [0, 0.1) is 17.8 Å². The molecule has 0 saturated carbocycles. The minimum Gasteiger partial charge on any atom is -0.348 e. The van der Waals surface area contributed by atoms with Gasteiger partial charge in [0.25, 0.3) is 5.91 Å². The van der Waals surface area contributed by atoms with Crippen LogP contribution in [-0.4, -0.2) is 48.0 Å². The summed E-state index contributed by atoms with van der Waals surface area (Å²) in [6, 6.07) is 9.77. The van der Waals surface area contributed by atoms with Gasteiger partial charge in [0.1, 0.15) is 5.78 Å². The maximum atomic E-state index is 13.2. The van der Waals surface area contributed by atoms with Crippen molar-refractivity contribution in [2.24, 2.45) is 17.8 Å². The van der Waals surface area contributed by atoms with Crippen LogP contribution in [0.25, 0.3) is 0 Å². The number of amides is 1. The van der Waals surface area contributed by atoms with Gasteiger partial charge in [0.05, 0.1) is 17.2 Å². The van der Waals surface area contributed by atoms with E-state index in [4.69, 9.17) is 0 Å². The molecule has 2 heterocycles. The molecule has 3 rings (SSSR count). The lowest BCUT2D eigenvalue weighted by molar-refractivity contribution is -0.141. The Kier molecular flexibility index (Phi) is 7.04. The highest BCUT2D eigenvalue weighted by atomic mass is 32.2. The van der Waals surface area contributed by atoms with Crippen LogP contribution >= 0.6 is 0 Å². The van der Waals surface area contributed by atoms with Gasteiger partial charge in [0.2, 0.25) is 5.78 Å². The number of nitrogens with zero attached hydrogens (tertiary/aromatic N) is 2. The fourth-order valence-electron chi connectivity index (χ4n) is 3.80. The number of rotatable bonds is 7. The van der Waals surface area contributed by atoms with Crippen molar-refractivity contribution in [1.29, 1.82) is 0 Å². The Labute approximate surface area is 181 Å². The minimum absolute atomic E-state index is 0.162. The molecular formula is C22H27N3O5S. The lowest BCUT2D eigenvalue weighted by atomic mass is 9.84. The Balaban J connectivity index is 1.82. The first kappa shape index (κ1) is 22.9. The van der Waals surface area contributed by atoms with Crippen molar-refractivity contribution >= 4 is 27.3 Å². The summed E-state index contributed by atoms with van der Waals surface area (Å²) in [6.07, 6.45) is 1.63. The molecule has 1 aliphatic rings. The monoisotopic (exact) mass is 445 g/mol. The zero-order valence-corrected chi connectivity index (χ0v) is 18.5. The molecule has 0 spiro atoms. The van der Waals surface area contributed by atoms with Crippen molar-refractivity contribution in [3.05, 3.63) is 48.3 Å². The molecule has 0 saturated heterocycles. The van der Waals surface area contributed by atoms with Gasteiger partial charge in [-0.2, -0.15) is 5.10 Å². The normalized spacial score (nSPS) is 18.5. The number of ketones is 2. The molecule has 0 aliphatic carbocycles. The number of hydrogen-bond donors (Lipinski definition) is 1. The topological polar surface area (TPSA) is 115 Å². The van der Waals surface area contributed by atoms with E-state index in [0.717, 1.165) is 5.69 Å². The maximum absolute atomic E-state index is 13.2. The van der Waals surface area contributed by atoms with Crippen molar-refractivity contribution in [1.82, 2.24) is 15.1 Å². The Hall–Kier alpha value is -2.81. The van der Waals surface area contributed by atoms with Gasteiger partial charge in [-0.3, -0.25) is 19.1 Å². The van der Waals surface area contributed by atoms with E-state index in [1.807, 2.05) is 0 Å². The van der Waals surface area contributed by atoms with E-state index in [-0.39, 0.29) is 41.7 Å². The van der Waals surface area contributed by atoms with Gasteiger partial charge in [-0.1, -0.05) is 32.0 Å². The molecule has 8 nitrogen and oxygen atoms in total. The van der Waals surface area contributed by atoms with Crippen molar-refractivity contribution in [3.8, 4) is 0 Å². The molecule has 1 aliphatic heterocycles. The molecule has 2 aromatic rings. The van der Waals surface area contributed by atoms with Crippen LogP contribution in [-0.2, 0) is 37.2 Å². The van der Waals surface area contributed by atoms with E-state index in [0.29, 0.717) is 6.54 Å². The zero-order chi connectivity index (χ0) is 22.6. The number of fused-ring (bicyclic) bond motifs is 1. The van der Waals surface area contributed by atoms with Crippen LogP contribution in [0.2, 0.25) is 0 Å². The third-order valence-corrected chi connectivity index (χ3v) is 7.42. The van der Waals surface area contributed by atoms with Crippen molar-refractivity contribution in [2.75, 3.05) is 12.3 Å². The zero-order valence-electron chi connectivity index (χ0n) is 17.7. The smallest absolute Gasteiger partial charge is 0.287 e. The maximum Gasteiger partial charge on any atom is 0.287 e. The average molecular weight is 446 g/mol. The standard InChI is InChI=1S/C22H27N3O5S/c1-15(2)19(14-31(29,30)18-6-4-3-5-7-18)20(26)13-16-12-17-8-9-24-25(17)11-10-23-22(28)21(16)27/h3-9,15-16,19H,10-14H2,1-2H3,(H,23,28). The van der Waals surface area contributed by atoms with Crippen LogP contribution < -0.4 is 5.32 Å². The van der Waals surface area contributed by atoms with E-state index >= 15 is 0 Å². The Morgan fingerprint density at radius 3 is 2.58 bits per heavy atom. The number of sulfone groups is 1. The van der Waals surface area contributed by atoms with Crippen LogP contribution in [0.4, 0.5) is 0 Å². The molecule has 1 N–H and O–H groups in total. The van der Waals surface area contributed by atoms with Crippen LogP contribution in [0.15, 0.2) is 47.5 Å². The summed E-state index contributed by atoms with van der Waals surface area (Å²) >= 11 is 0. The van der Waals surface area contributed by atoms with Gasteiger partial charge in [0.15, 0.2) is 9.84 Å². The van der Waals surface area contributed by atoms with Crippen LogP contribution in [0.5, 0.6) is 0 Å². The summed E-state index contributed by atoms with van der Waals surface area (Å²) in [5.74, 6) is -3.92. The predicted octanol–water partition coefficient (Wildman–Crippen LogP) is 1.45. The van der Waals surface area contributed by atoms with E-state index in [2.05, 4.69) is 10.4 Å². The molecule has 0 bridgehead atoms. The van der Waals surface area contributed by atoms with E-state index in [9.17, 15) is 22.8 Å². The highest BCUT2D eigenvalue weighted by Crippen LogP contribution is 2.25. The first-order chi connectivity index (χ1) is 14.7. The van der Waals surface area contributed by atoms with Gasteiger partial charge >= 0.3 is 0 Å². The molecule has 9 heteroatoms. The van der Waals surface area contributed by atoms with Crippen molar-refractivity contribution in [2.45, 2.75) is 38.1 Å². The Bertz CT molecular complexity index is 1060. The van der Waals surface area contributed by atoms with Gasteiger partial charge in [-0.15, -0.1) is 0 Å². The van der Waals surface area contributed by atoms with Gasteiger partial charge in [-0.25, -0.2) is 8.42 Å². The van der Waals surface area contributed by atoms with Gasteiger partial charge < -0.3 is 5.32 Å². The molecule has 166 valence electrons. The lowest BCUT2D eigenvalue weighted by Gasteiger charge is -2.22. The third-order valence-electron chi connectivity index (χ3n) is 5.63. The molecule has 2 unspecified atom stereocenters. The van der Waals surface area contributed by atoms with E-state index in [1.165, 1.54) is 12.1 Å². The number of Topliss-reactive ketones (excluding diaryl/α,β-unsaturated/α-hetero) is 2. The second kappa shape index (κ2) is 9.55. The minimum atomic E-state index is -3.67. The van der Waals surface area contributed by atoms with Gasteiger partial charge in [-0.05, 0) is 24.1 Å². The molecule has 1 aromatic carbocycles. The second-order valence-electron chi connectivity index (χ2n) is 8.18. The number of nitrogens with one attached hydrogen (secondary N) is 1. The molecule has 2 atom stereocenters. The van der Waals surface area contributed by atoms with Crippen LogP contribution in [0.1, 0.15) is 26.0 Å². The van der Waals surface area contributed by atoms with Crippen molar-refractivity contribution < 1.29 is 22.8 Å². The van der Waals surface area contributed by atoms with Crippen LogP contribution in [0.3, 0.4) is 0 Å². The summed E-state index contributed by atoms with van der Waals surface area (Å²) in [5, 5.41) is 6.76. The largest absolute Gasteiger partial charge is 0.348 e. The van der Waals surface area contributed by atoms with Gasteiger partial charge in [0, 0.05) is 43.1 Å². The Morgan fingerprint density at radius 1 is 1.19 bits per heavy atom. The summed E-state index contributed by atoms with van der Waals surface area (Å²) in [4.78, 5) is 38.2. The quantitative estimate of drug-likeness (QED) is 0.645. The number of benzene rings is 1. The lowest BCUT2D eigenvalue weighted by Crippen LogP contribution is -2.38.